The standard InChI is InChI=1S/C13H16ClFO2/c1-3-17-13(16)7-6-12(14)11-8-10(15)5-4-9(11)2/h4-5,8,12H,3,6-7H2,1-2H3. The van der Waals surface area contributed by atoms with Crippen LogP contribution in [0.25, 0.3) is 0 Å². The highest BCUT2D eigenvalue weighted by molar-refractivity contribution is 6.21. The van der Waals surface area contributed by atoms with Crippen molar-refractivity contribution in [2.24, 2.45) is 0 Å². The Morgan fingerprint density at radius 1 is 1.53 bits per heavy atom. The fourth-order valence-electron chi connectivity index (χ4n) is 1.58. The summed E-state index contributed by atoms with van der Waals surface area (Å²) in [5.41, 5.74) is 1.66. The molecule has 1 atom stereocenters. The molecule has 17 heavy (non-hydrogen) atoms. The number of rotatable bonds is 5. The van der Waals surface area contributed by atoms with E-state index < -0.39 is 0 Å². The van der Waals surface area contributed by atoms with Gasteiger partial charge in [-0.3, -0.25) is 4.79 Å². The fraction of sp³-hybridized carbons (Fsp3) is 0.462. The van der Waals surface area contributed by atoms with Crippen molar-refractivity contribution in [2.75, 3.05) is 6.61 Å². The summed E-state index contributed by atoms with van der Waals surface area (Å²) < 4.78 is 17.9. The second-order valence-corrected chi connectivity index (χ2v) is 4.34. The molecule has 4 heteroatoms. The molecule has 0 bridgehead atoms. The van der Waals surface area contributed by atoms with Gasteiger partial charge in [0.25, 0.3) is 0 Å². The van der Waals surface area contributed by atoms with Gasteiger partial charge < -0.3 is 4.74 Å². The van der Waals surface area contributed by atoms with Crippen LogP contribution in [-0.4, -0.2) is 12.6 Å². The van der Waals surface area contributed by atoms with Crippen molar-refractivity contribution >= 4 is 17.6 Å². The molecule has 0 saturated heterocycles. The van der Waals surface area contributed by atoms with E-state index in [1.54, 1.807) is 13.0 Å². The quantitative estimate of drug-likeness (QED) is 0.594. The van der Waals surface area contributed by atoms with Crippen LogP contribution in [0.3, 0.4) is 0 Å². The van der Waals surface area contributed by atoms with Gasteiger partial charge >= 0.3 is 5.97 Å². The molecular weight excluding hydrogens is 243 g/mol. The molecule has 1 aromatic rings. The number of carbonyl (C=O) groups is 1. The van der Waals surface area contributed by atoms with Crippen LogP contribution in [0.1, 0.15) is 36.3 Å². The van der Waals surface area contributed by atoms with Gasteiger partial charge in [-0.15, -0.1) is 11.6 Å². The number of hydrogen-bond donors (Lipinski definition) is 0. The second kappa shape index (κ2) is 6.60. The smallest absolute Gasteiger partial charge is 0.305 e. The first-order valence-corrected chi connectivity index (χ1v) is 6.04. The highest BCUT2D eigenvalue weighted by Gasteiger charge is 2.14. The summed E-state index contributed by atoms with van der Waals surface area (Å²) in [7, 11) is 0. The third kappa shape index (κ3) is 4.35. The molecule has 0 spiro atoms. The maximum absolute atomic E-state index is 13.1. The average Bonchev–Trinajstić information content (AvgIpc) is 2.29. The lowest BCUT2D eigenvalue weighted by molar-refractivity contribution is -0.143. The summed E-state index contributed by atoms with van der Waals surface area (Å²) in [5, 5.41) is -0.366. The number of halogens is 2. The molecule has 0 saturated carbocycles. The van der Waals surface area contributed by atoms with Gasteiger partial charge in [0.15, 0.2) is 0 Å². The topological polar surface area (TPSA) is 26.3 Å². The third-order valence-electron chi connectivity index (χ3n) is 2.49. The van der Waals surface area contributed by atoms with E-state index >= 15 is 0 Å². The van der Waals surface area contributed by atoms with Crippen molar-refractivity contribution < 1.29 is 13.9 Å². The van der Waals surface area contributed by atoms with E-state index in [9.17, 15) is 9.18 Å². The molecule has 1 unspecified atom stereocenters. The van der Waals surface area contributed by atoms with E-state index in [0.29, 0.717) is 13.0 Å². The van der Waals surface area contributed by atoms with Gasteiger partial charge in [-0.25, -0.2) is 4.39 Å². The Bertz CT molecular complexity index is 393. The van der Waals surface area contributed by atoms with E-state index in [2.05, 4.69) is 0 Å². The van der Waals surface area contributed by atoms with Crippen molar-refractivity contribution in [3.05, 3.63) is 35.1 Å². The maximum atomic E-state index is 13.1. The first kappa shape index (κ1) is 14.0. The number of ether oxygens (including phenoxy) is 1. The van der Waals surface area contributed by atoms with Crippen LogP contribution in [0.4, 0.5) is 4.39 Å². The molecule has 0 aromatic heterocycles. The molecule has 0 heterocycles. The van der Waals surface area contributed by atoms with Gasteiger partial charge in [0, 0.05) is 6.42 Å². The fourth-order valence-corrected chi connectivity index (χ4v) is 1.93. The largest absolute Gasteiger partial charge is 0.466 e. The van der Waals surface area contributed by atoms with Crippen LogP contribution in [0.15, 0.2) is 18.2 Å². The summed E-state index contributed by atoms with van der Waals surface area (Å²) in [5.74, 6) is -0.584. The molecule has 0 amide bonds. The summed E-state index contributed by atoms with van der Waals surface area (Å²) in [6.45, 7) is 3.99. The average molecular weight is 259 g/mol. The van der Waals surface area contributed by atoms with Crippen LogP contribution in [0.5, 0.6) is 0 Å². The number of hydrogen-bond acceptors (Lipinski definition) is 2. The zero-order valence-electron chi connectivity index (χ0n) is 10.0. The van der Waals surface area contributed by atoms with Gasteiger partial charge in [-0.1, -0.05) is 6.07 Å². The lowest BCUT2D eigenvalue weighted by Gasteiger charge is -2.12. The number of benzene rings is 1. The molecule has 0 radical (unpaired) electrons. The minimum absolute atomic E-state index is 0.248. The van der Waals surface area contributed by atoms with Crippen LogP contribution in [-0.2, 0) is 9.53 Å². The first-order valence-electron chi connectivity index (χ1n) is 5.60. The highest BCUT2D eigenvalue weighted by atomic mass is 35.5. The monoisotopic (exact) mass is 258 g/mol. The van der Waals surface area contributed by atoms with Crippen molar-refractivity contribution in [3.8, 4) is 0 Å². The van der Waals surface area contributed by atoms with E-state index in [4.69, 9.17) is 16.3 Å². The molecular formula is C13H16ClFO2. The van der Waals surface area contributed by atoms with Crippen LogP contribution in [0, 0.1) is 12.7 Å². The van der Waals surface area contributed by atoms with Crippen LogP contribution < -0.4 is 0 Å². The SMILES string of the molecule is CCOC(=O)CCC(Cl)c1cc(F)ccc1C. The molecule has 1 aromatic carbocycles. The molecule has 1 rings (SSSR count). The first-order chi connectivity index (χ1) is 8.04. The molecule has 94 valence electrons. The normalized spacial score (nSPS) is 12.2. The molecule has 0 aliphatic heterocycles. The molecule has 0 aliphatic carbocycles. The summed E-state index contributed by atoms with van der Waals surface area (Å²) >= 11 is 6.15. The zero-order valence-corrected chi connectivity index (χ0v) is 10.8. The lowest BCUT2D eigenvalue weighted by Crippen LogP contribution is -2.05. The minimum Gasteiger partial charge on any atom is -0.466 e. The highest BCUT2D eigenvalue weighted by Crippen LogP contribution is 2.28. The number of esters is 1. The molecule has 0 fully saturated rings. The number of aryl methyl sites for hydroxylation is 1. The summed E-state index contributed by atoms with van der Waals surface area (Å²) in [6, 6.07) is 4.50. The van der Waals surface area contributed by atoms with Gasteiger partial charge in [0.2, 0.25) is 0 Å². The Hall–Kier alpha value is -1.09. The van der Waals surface area contributed by atoms with Crippen molar-refractivity contribution in [1.82, 2.24) is 0 Å². The van der Waals surface area contributed by atoms with Crippen molar-refractivity contribution in [2.45, 2.75) is 32.1 Å². The maximum Gasteiger partial charge on any atom is 0.305 e. The van der Waals surface area contributed by atoms with E-state index in [1.807, 2.05) is 6.92 Å². The third-order valence-corrected chi connectivity index (χ3v) is 2.94. The van der Waals surface area contributed by atoms with E-state index in [0.717, 1.165) is 11.1 Å². The van der Waals surface area contributed by atoms with Crippen molar-refractivity contribution in [1.29, 1.82) is 0 Å². The van der Waals surface area contributed by atoms with Gasteiger partial charge in [-0.05, 0) is 43.5 Å². The van der Waals surface area contributed by atoms with Crippen LogP contribution >= 0.6 is 11.6 Å². The van der Waals surface area contributed by atoms with Crippen LogP contribution in [0.2, 0.25) is 0 Å². The van der Waals surface area contributed by atoms with E-state index in [-0.39, 0.29) is 23.6 Å². The molecule has 0 aliphatic rings. The zero-order chi connectivity index (χ0) is 12.8. The lowest BCUT2D eigenvalue weighted by atomic mass is 10.0. The van der Waals surface area contributed by atoms with Gasteiger partial charge in [-0.2, -0.15) is 0 Å². The molecule has 2 nitrogen and oxygen atoms in total. The summed E-state index contributed by atoms with van der Waals surface area (Å²) in [6.07, 6.45) is 0.697. The Morgan fingerprint density at radius 3 is 2.88 bits per heavy atom. The van der Waals surface area contributed by atoms with Gasteiger partial charge in [0.1, 0.15) is 5.82 Å². The van der Waals surface area contributed by atoms with E-state index in [1.165, 1.54) is 12.1 Å². The Labute approximate surface area is 106 Å². The number of carbonyl (C=O) groups excluding carboxylic acids is 1. The minimum atomic E-state index is -0.366. The van der Waals surface area contributed by atoms with Gasteiger partial charge in [0.05, 0.1) is 12.0 Å². The Kier molecular flexibility index (Phi) is 5.42. The Balaban J connectivity index is 2.60. The number of alkyl halides is 1. The molecule has 0 N–H and O–H groups in total. The Morgan fingerprint density at radius 2 is 2.24 bits per heavy atom. The summed E-state index contributed by atoms with van der Waals surface area (Å²) in [4.78, 5) is 11.2. The predicted octanol–water partition coefficient (Wildman–Crippen LogP) is 3.76. The van der Waals surface area contributed by atoms with Crippen molar-refractivity contribution in [3.63, 3.8) is 0 Å². The predicted molar refractivity (Wildman–Crippen MR) is 65.6 cm³/mol. The second-order valence-electron chi connectivity index (χ2n) is 3.81.